The van der Waals surface area contributed by atoms with E-state index in [-0.39, 0.29) is 10.6 Å². The Kier molecular flexibility index (Phi) is 2.42. The molecule has 3 nitrogen and oxygen atoms in total. The molecule has 100 valence electrons. The van der Waals surface area contributed by atoms with Crippen molar-refractivity contribution in [2.75, 3.05) is 0 Å². The fourth-order valence-electron chi connectivity index (χ4n) is 3.01. The lowest BCUT2D eigenvalue weighted by molar-refractivity contribution is -0.383. The van der Waals surface area contributed by atoms with Crippen LogP contribution in [0.2, 0.25) is 0 Å². The highest BCUT2D eigenvalue weighted by molar-refractivity contribution is 6.19. The molecule has 21 heavy (non-hydrogen) atoms. The molecule has 0 heterocycles. The maximum Gasteiger partial charge on any atom is 0.277 e. The van der Waals surface area contributed by atoms with Crippen LogP contribution < -0.4 is 0 Å². The van der Waals surface area contributed by atoms with E-state index < -0.39 is 0 Å². The topological polar surface area (TPSA) is 43.1 Å². The van der Waals surface area contributed by atoms with Crippen molar-refractivity contribution in [1.82, 2.24) is 0 Å². The molecular weight excluding hydrogens is 262 g/mol. The van der Waals surface area contributed by atoms with Gasteiger partial charge in [-0.05, 0) is 26.9 Å². The van der Waals surface area contributed by atoms with E-state index in [9.17, 15) is 10.1 Å². The van der Waals surface area contributed by atoms with Crippen LogP contribution >= 0.6 is 0 Å². The van der Waals surface area contributed by atoms with Gasteiger partial charge in [0.2, 0.25) is 0 Å². The normalized spacial score (nSPS) is 11.2. The van der Waals surface area contributed by atoms with Crippen molar-refractivity contribution in [1.29, 1.82) is 0 Å². The van der Waals surface area contributed by atoms with Crippen LogP contribution in [0.15, 0.2) is 66.7 Å². The third-order valence-corrected chi connectivity index (χ3v) is 3.94. The molecule has 4 aromatic carbocycles. The predicted molar refractivity (Wildman–Crippen MR) is 85.6 cm³/mol. The Balaban J connectivity index is 2.29. The average Bonchev–Trinajstić information content (AvgIpc) is 2.53. The molecule has 0 saturated heterocycles. The van der Waals surface area contributed by atoms with Gasteiger partial charge in [0.15, 0.2) is 0 Å². The van der Waals surface area contributed by atoms with Gasteiger partial charge >= 0.3 is 0 Å². The minimum absolute atomic E-state index is 0.161. The second-order valence-corrected chi connectivity index (χ2v) is 5.08. The number of fused-ring (bicyclic) bond motifs is 5. The molecular formula is C18H11NO2. The maximum atomic E-state index is 11.3. The minimum atomic E-state index is -0.309. The zero-order valence-corrected chi connectivity index (χ0v) is 11.1. The van der Waals surface area contributed by atoms with Crippen molar-refractivity contribution in [2.24, 2.45) is 0 Å². The molecule has 0 N–H and O–H groups in total. The molecule has 0 aromatic heterocycles. The maximum absolute atomic E-state index is 11.3. The van der Waals surface area contributed by atoms with Crippen molar-refractivity contribution < 1.29 is 4.92 Å². The second kappa shape index (κ2) is 4.28. The fraction of sp³-hybridized carbons (Fsp3) is 0. The molecule has 0 aliphatic carbocycles. The summed E-state index contributed by atoms with van der Waals surface area (Å²) in [7, 11) is 0. The second-order valence-electron chi connectivity index (χ2n) is 5.08. The van der Waals surface area contributed by atoms with Crippen LogP contribution in [0.25, 0.3) is 32.3 Å². The van der Waals surface area contributed by atoms with Crippen LogP contribution in [0.3, 0.4) is 0 Å². The first-order valence-electron chi connectivity index (χ1n) is 6.73. The third kappa shape index (κ3) is 1.68. The van der Waals surface area contributed by atoms with Gasteiger partial charge in [0.25, 0.3) is 5.69 Å². The van der Waals surface area contributed by atoms with Gasteiger partial charge < -0.3 is 0 Å². The minimum Gasteiger partial charge on any atom is -0.258 e. The van der Waals surface area contributed by atoms with Crippen molar-refractivity contribution >= 4 is 38.0 Å². The molecule has 0 aliphatic heterocycles. The van der Waals surface area contributed by atoms with Crippen LogP contribution in [-0.4, -0.2) is 4.92 Å². The summed E-state index contributed by atoms with van der Waals surface area (Å²) in [5, 5.41) is 17.2. The molecule has 0 fully saturated rings. The average molecular weight is 273 g/mol. The summed E-state index contributed by atoms with van der Waals surface area (Å²) >= 11 is 0. The highest BCUT2D eigenvalue weighted by Crippen LogP contribution is 2.35. The lowest BCUT2D eigenvalue weighted by Crippen LogP contribution is -1.90. The molecule has 3 heteroatoms. The number of benzene rings is 4. The van der Waals surface area contributed by atoms with Crippen LogP contribution in [0.4, 0.5) is 5.69 Å². The largest absolute Gasteiger partial charge is 0.277 e. The van der Waals surface area contributed by atoms with Gasteiger partial charge in [0.05, 0.1) is 10.3 Å². The molecule has 0 saturated carbocycles. The first-order valence-corrected chi connectivity index (χ1v) is 6.73. The Morgan fingerprint density at radius 3 is 2.24 bits per heavy atom. The van der Waals surface area contributed by atoms with E-state index in [0.29, 0.717) is 5.39 Å². The number of non-ortho nitro benzene ring substituents is 1. The summed E-state index contributed by atoms with van der Waals surface area (Å²) in [6.07, 6.45) is 0. The number of hydrogen-bond acceptors (Lipinski definition) is 2. The Hall–Kier alpha value is -2.94. The summed E-state index contributed by atoms with van der Waals surface area (Å²) in [4.78, 5) is 11.0. The van der Waals surface area contributed by atoms with Gasteiger partial charge in [-0.15, -0.1) is 0 Å². The third-order valence-electron chi connectivity index (χ3n) is 3.94. The fourth-order valence-corrected chi connectivity index (χ4v) is 3.01. The van der Waals surface area contributed by atoms with Crippen molar-refractivity contribution in [3.05, 3.63) is 76.8 Å². The summed E-state index contributed by atoms with van der Waals surface area (Å²) in [6.45, 7) is 0. The monoisotopic (exact) mass is 273 g/mol. The highest BCUT2D eigenvalue weighted by atomic mass is 16.6. The van der Waals surface area contributed by atoms with Crippen LogP contribution in [-0.2, 0) is 0 Å². The molecule has 0 aliphatic rings. The van der Waals surface area contributed by atoms with Gasteiger partial charge in [0, 0.05) is 6.07 Å². The van der Waals surface area contributed by atoms with E-state index >= 15 is 0 Å². The van der Waals surface area contributed by atoms with Crippen molar-refractivity contribution in [3.63, 3.8) is 0 Å². The van der Waals surface area contributed by atoms with E-state index in [0.717, 1.165) is 26.9 Å². The number of nitro benzene ring substituents is 1. The van der Waals surface area contributed by atoms with Crippen LogP contribution in [0.1, 0.15) is 0 Å². The molecule has 4 aromatic rings. The zero-order chi connectivity index (χ0) is 14.4. The number of nitrogens with zero attached hydrogens (tertiary/aromatic N) is 1. The molecule has 0 radical (unpaired) electrons. The van der Waals surface area contributed by atoms with Gasteiger partial charge in [-0.1, -0.05) is 60.7 Å². The Bertz CT molecular complexity index is 1020. The zero-order valence-electron chi connectivity index (χ0n) is 11.1. The van der Waals surface area contributed by atoms with E-state index in [1.807, 2.05) is 42.5 Å². The number of rotatable bonds is 1. The molecule has 0 bridgehead atoms. The molecule has 4 rings (SSSR count). The van der Waals surface area contributed by atoms with Crippen LogP contribution in [0.5, 0.6) is 0 Å². The predicted octanol–water partition coefficient (Wildman–Crippen LogP) is 5.05. The van der Waals surface area contributed by atoms with Gasteiger partial charge in [-0.25, -0.2) is 0 Å². The molecule has 0 amide bonds. The van der Waals surface area contributed by atoms with E-state index in [1.54, 1.807) is 12.1 Å². The van der Waals surface area contributed by atoms with Gasteiger partial charge in [0.1, 0.15) is 0 Å². The smallest absolute Gasteiger partial charge is 0.258 e. The summed E-state index contributed by atoms with van der Waals surface area (Å²) in [6, 6.07) is 21.3. The first kappa shape index (κ1) is 11.9. The number of hydrogen-bond donors (Lipinski definition) is 0. The standard InChI is InChI=1S/C18H11NO2/c20-19(21)17-7-3-5-13-9-10-15-14-6-2-1-4-12(14)8-11-16(15)18(13)17/h1-11H. The van der Waals surface area contributed by atoms with E-state index in [2.05, 4.69) is 12.1 Å². The van der Waals surface area contributed by atoms with Gasteiger partial charge in [-0.3, -0.25) is 10.1 Å². The first-order chi connectivity index (χ1) is 10.3. The Morgan fingerprint density at radius 2 is 1.38 bits per heavy atom. The van der Waals surface area contributed by atoms with Crippen molar-refractivity contribution in [2.45, 2.75) is 0 Å². The van der Waals surface area contributed by atoms with Crippen molar-refractivity contribution in [3.8, 4) is 0 Å². The summed E-state index contributed by atoms with van der Waals surface area (Å²) in [5.41, 5.74) is 0.161. The van der Waals surface area contributed by atoms with E-state index in [1.165, 1.54) is 0 Å². The van der Waals surface area contributed by atoms with E-state index in [4.69, 9.17) is 0 Å². The highest BCUT2D eigenvalue weighted by Gasteiger charge is 2.14. The summed E-state index contributed by atoms with van der Waals surface area (Å²) < 4.78 is 0. The number of nitro groups is 1. The SMILES string of the molecule is O=[N+]([O-])c1cccc2ccc3c4ccccc4ccc3c12. The lowest BCUT2D eigenvalue weighted by Gasteiger charge is -2.07. The molecule has 0 spiro atoms. The van der Waals surface area contributed by atoms with Gasteiger partial charge in [-0.2, -0.15) is 0 Å². The summed E-state index contributed by atoms with van der Waals surface area (Å²) in [5.74, 6) is 0. The molecule has 0 atom stereocenters. The lowest BCUT2D eigenvalue weighted by atomic mass is 9.96. The molecule has 0 unspecified atom stereocenters. The quantitative estimate of drug-likeness (QED) is 0.276. The Labute approximate surface area is 120 Å². The Morgan fingerprint density at radius 1 is 0.667 bits per heavy atom. The van der Waals surface area contributed by atoms with Crippen LogP contribution in [0, 0.1) is 10.1 Å².